The molecule has 13 heavy (non-hydrogen) atoms. The highest BCUT2D eigenvalue weighted by Gasteiger charge is 2.37. The van der Waals surface area contributed by atoms with Gasteiger partial charge in [-0.05, 0) is 6.42 Å². The molecule has 1 N–H and O–H groups in total. The molecule has 0 radical (unpaired) electrons. The van der Waals surface area contributed by atoms with Crippen molar-refractivity contribution in [3.05, 3.63) is 0 Å². The van der Waals surface area contributed by atoms with E-state index in [1.165, 1.54) is 0 Å². The number of hydrogen-bond donors (Lipinski definition) is 1. The van der Waals surface area contributed by atoms with Crippen molar-refractivity contribution in [2.24, 2.45) is 5.92 Å². The van der Waals surface area contributed by atoms with Crippen LogP contribution in [0.15, 0.2) is 0 Å². The third-order valence-electron chi connectivity index (χ3n) is 2.60. The Morgan fingerprint density at radius 2 is 2.46 bits per heavy atom. The topological polar surface area (TPSA) is 55.8 Å². The Kier molecular flexibility index (Phi) is 3.27. The fourth-order valence-electron chi connectivity index (χ4n) is 1.64. The van der Waals surface area contributed by atoms with E-state index < -0.39 is 5.97 Å². The maximum atomic E-state index is 10.6. The number of ether oxygens (including phenoxy) is 2. The quantitative estimate of drug-likeness (QED) is 0.712. The lowest BCUT2D eigenvalue weighted by Gasteiger charge is -2.27. The molecule has 4 nitrogen and oxygen atoms in total. The van der Waals surface area contributed by atoms with Crippen molar-refractivity contribution in [3.63, 3.8) is 0 Å². The van der Waals surface area contributed by atoms with Gasteiger partial charge < -0.3 is 14.6 Å². The Balaban J connectivity index is 2.52. The summed E-state index contributed by atoms with van der Waals surface area (Å²) in [4.78, 5) is 10.6. The lowest BCUT2D eigenvalue weighted by Crippen LogP contribution is -2.35. The summed E-state index contributed by atoms with van der Waals surface area (Å²) in [6, 6.07) is 0. The number of carboxylic acid groups (broad SMARTS) is 1. The smallest absolute Gasteiger partial charge is 0.306 e. The van der Waals surface area contributed by atoms with Crippen LogP contribution in [0.4, 0.5) is 0 Å². The number of aliphatic carboxylic acids is 1. The summed E-state index contributed by atoms with van der Waals surface area (Å²) in [6.45, 7) is 2.88. The van der Waals surface area contributed by atoms with Gasteiger partial charge in [-0.25, -0.2) is 0 Å². The minimum Gasteiger partial charge on any atom is -0.481 e. The van der Waals surface area contributed by atoms with Crippen LogP contribution in [0.5, 0.6) is 0 Å². The van der Waals surface area contributed by atoms with Gasteiger partial charge in [-0.15, -0.1) is 0 Å². The van der Waals surface area contributed by atoms with Crippen LogP contribution in [-0.4, -0.2) is 37.0 Å². The molecule has 76 valence electrons. The van der Waals surface area contributed by atoms with E-state index in [1.54, 1.807) is 14.0 Å². The van der Waals surface area contributed by atoms with E-state index in [0.717, 1.165) is 6.42 Å². The summed E-state index contributed by atoms with van der Waals surface area (Å²) in [5.41, 5.74) is -0.363. The molecule has 1 rings (SSSR count). The summed E-state index contributed by atoms with van der Waals surface area (Å²) in [6.07, 6.45) is 1.32. The fraction of sp³-hybridized carbons (Fsp3) is 0.889. The van der Waals surface area contributed by atoms with Crippen LogP contribution in [-0.2, 0) is 14.3 Å². The van der Waals surface area contributed by atoms with Crippen molar-refractivity contribution in [1.29, 1.82) is 0 Å². The maximum absolute atomic E-state index is 10.6. The van der Waals surface area contributed by atoms with Crippen molar-refractivity contribution in [3.8, 4) is 0 Å². The summed E-state index contributed by atoms with van der Waals surface area (Å²) < 4.78 is 10.5. The molecule has 0 saturated carbocycles. The van der Waals surface area contributed by atoms with Crippen molar-refractivity contribution >= 4 is 5.97 Å². The Morgan fingerprint density at radius 1 is 1.77 bits per heavy atom. The van der Waals surface area contributed by atoms with Crippen LogP contribution in [0, 0.1) is 5.92 Å². The molecule has 0 amide bonds. The zero-order valence-electron chi connectivity index (χ0n) is 8.08. The van der Waals surface area contributed by atoms with E-state index >= 15 is 0 Å². The largest absolute Gasteiger partial charge is 0.481 e. The van der Waals surface area contributed by atoms with Crippen molar-refractivity contribution in [2.45, 2.75) is 25.4 Å². The Hall–Kier alpha value is -0.610. The maximum Gasteiger partial charge on any atom is 0.306 e. The first kappa shape index (κ1) is 10.5. The molecule has 1 unspecified atom stereocenters. The van der Waals surface area contributed by atoms with Crippen LogP contribution in [0.25, 0.3) is 0 Å². The van der Waals surface area contributed by atoms with Gasteiger partial charge in [0.05, 0.1) is 18.1 Å². The predicted octanol–water partition coefficient (Wildman–Crippen LogP) is 0.903. The molecular formula is C9H16O4. The van der Waals surface area contributed by atoms with Gasteiger partial charge in [0.2, 0.25) is 0 Å². The van der Waals surface area contributed by atoms with E-state index in [0.29, 0.717) is 19.6 Å². The molecule has 1 aliphatic heterocycles. The lowest BCUT2D eigenvalue weighted by atomic mass is 9.90. The minimum absolute atomic E-state index is 0.363. The fourth-order valence-corrected chi connectivity index (χ4v) is 1.64. The predicted molar refractivity (Wildman–Crippen MR) is 46.6 cm³/mol. The molecule has 0 spiro atoms. The number of carboxylic acids is 1. The van der Waals surface area contributed by atoms with Crippen LogP contribution in [0.3, 0.4) is 0 Å². The Bertz CT molecular complexity index is 184. The van der Waals surface area contributed by atoms with E-state index in [2.05, 4.69) is 0 Å². The Labute approximate surface area is 77.8 Å². The highest BCUT2D eigenvalue weighted by atomic mass is 16.5. The van der Waals surface area contributed by atoms with Crippen LogP contribution in [0.1, 0.15) is 19.8 Å². The number of rotatable bonds is 4. The molecule has 1 heterocycles. The molecule has 1 aliphatic rings. The standard InChI is InChI=1S/C9H16O4/c1-7(8(10)11)5-9(12-2)3-4-13-6-9/h7H,3-6H2,1-2H3,(H,10,11)/t7-,9?/m1/s1. The van der Waals surface area contributed by atoms with E-state index in [-0.39, 0.29) is 11.5 Å². The monoisotopic (exact) mass is 188 g/mol. The van der Waals surface area contributed by atoms with Crippen LogP contribution in [0.2, 0.25) is 0 Å². The average Bonchev–Trinajstić information content (AvgIpc) is 2.54. The molecule has 2 atom stereocenters. The highest BCUT2D eigenvalue weighted by Crippen LogP contribution is 2.29. The van der Waals surface area contributed by atoms with Crippen LogP contribution >= 0.6 is 0 Å². The Morgan fingerprint density at radius 3 is 2.85 bits per heavy atom. The second-order valence-electron chi connectivity index (χ2n) is 3.63. The van der Waals surface area contributed by atoms with Gasteiger partial charge in [0.15, 0.2) is 0 Å². The van der Waals surface area contributed by atoms with E-state index in [9.17, 15) is 4.79 Å². The molecule has 0 aromatic rings. The van der Waals surface area contributed by atoms with E-state index in [1.807, 2.05) is 0 Å². The molecule has 0 aromatic heterocycles. The van der Waals surface area contributed by atoms with Gasteiger partial charge in [-0.2, -0.15) is 0 Å². The third kappa shape index (κ3) is 2.42. The molecule has 1 saturated heterocycles. The molecular weight excluding hydrogens is 172 g/mol. The summed E-state index contributed by atoms with van der Waals surface area (Å²) in [5.74, 6) is -1.15. The third-order valence-corrected chi connectivity index (χ3v) is 2.60. The zero-order valence-corrected chi connectivity index (χ0v) is 8.08. The molecule has 0 bridgehead atoms. The van der Waals surface area contributed by atoms with Crippen LogP contribution < -0.4 is 0 Å². The second kappa shape index (κ2) is 4.07. The second-order valence-corrected chi connectivity index (χ2v) is 3.63. The summed E-state index contributed by atoms with van der Waals surface area (Å²) in [7, 11) is 1.61. The molecule has 0 aromatic carbocycles. The number of carbonyl (C=O) groups is 1. The van der Waals surface area contributed by atoms with Gasteiger partial charge in [-0.3, -0.25) is 4.79 Å². The molecule has 1 fully saturated rings. The van der Waals surface area contributed by atoms with Crippen molar-refractivity contribution < 1.29 is 19.4 Å². The first-order valence-corrected chi connectivity index (χ1v) is 4.45. The average molecular weight is 188 g/mol. The van der Waals surface area contributed by atoms with Gasteiger partial charge in [-0.1, -0.05) is 6.92 Å². The summed E-state index contributed by atoms with van der Waals surface area (Å²) in [5, 5.41) is 8.76. The molecule has 4 heteroatoms. The first-order valence-electron chi connectivity index (χ1n) is 4.45. The number of methoxy groups -OCH3 is 1. The lowest BCUT2D eigenvalue weighted by molar-refractivity contribution is -0.144. The van der Waals surface area contributed by atoms with Crippen molar-refractivity contribution in [1.82, 2.24) is 0 Å². The normalized spacial score (nSPS) is 30.3. The van der Waals surface area contributed by atoms with Gasteiger partial charge in [0.1, 0.15) is 0 Å². The number of hydrogen-bond acceptors (Lipinski definition) is 3. The van der Waals surface area contributed by atoms with Gasteiger partial charge in [0, 0.05) is 20.1 Å². The first-order chi connectivity index (χ1) is 6.09. The highest BCUT2D eigenvalue weighted by molar-refractivity contribution is 5.69. The zero-order chi connectivity index (χ0) is 9.90. The SMILES string of the molecule is COC1(C[C@@H](C)C(=O)O)CCOC1. The summed E-state index contributed by atoms with van der Waals surface area (Å²) >= 11 is 0. The van der Waals surface area contributed by atoms with Gasteiger partial charge >= 0.3 is 5.97 Å². The van der Waals surface area contributed by atoms with Gasteiger partial charge in [0.25, 0.3) is 0 Å². The van der Waals surface area contributed by atoms with Crippen molar-refractivity contribution in [2.75, 3.05) is 20.3 Å². The minimum atomic E-state index is -0.775. The van der Waals surface area contributed by atoms with E-state index in [4.69, 9.17) is 14.6 Å². The molecule has 0 aliphatic carbocycles.